The van der Waals surface area contributed by atoms with Gasteiger partial charge in [-0.3, -0.25) is 20.2 Å². The molecule has 0 aliphatic rings. The summed E-state index contributed by atoms with van der Waals surface area (Å²) in [6, 6.07) is 1.75. The number of carbonyl (C=O) groups is 1. The first kappa shape index (κ1) is 12.5. The van der Waals surface area contributed by atoms with E-state index in [2.05, 4.69) is 10.7 Å². The summed E-state index contributed by atoms with van der Waals surface area (Å²) in [6.07, 6.45) is 0. The maximum absolute atomic E-state index is 11.1. The summed E-state index contributed by atoms with van der Waals surface area (Å²) >= 11 is 0. The Kier molecular flexibility index (Phi) is 3.34. The molecule has 0 bridgehead atoms. The number of carbonyl (C=O) groups excluding carboxylic acids is 1. The molecule has 90 valence electrons. The fraction of sp³-hybridized carbons (Fsp3) is 0.125. The van der Waals surface area contributed by atoms with Crippen LogP contribution in [0.1, 0.15) is 15.9 Å². The Labute approximate surface area is 94.0 Å². The van der Waals surface area contributed by atoms with Crippen molar-refractivity contribution in [2.45, 2.75) is 6.92 Å². The zero-order chi connectivity index (χ0) is 13.2. The van der Waals surface area contributed by atoms with Crippen molar-refractivity contribution >= 4 is 17.3 Å². The zero-order valence-electron chi connectivity index (χ0n) is 8.58. The first-order valence-electron chi connectivity index (χ1n) is 4.23. The van der Waals surface area contributed by atoms with Crippen molar-refractivity contribution in [3.8, 4) is 0 Å². The molecule has 0 radical (unpaired) electrons. The minimum absolute atomic E-state index is 0.145. The highest BCUT2D eigenvalue weighted by molar-refractivity contribution is 5.91. The molecule has 1 rings (SSSR count). The molecule has 0 saturated carbocycles. The van der Waals surface area contributed by atoms with Gasteiger partial charge in [-0.25, -0.2) is 4.79 Å². The maximum atomic E-state index is 11.1. The maximum Gasteiger partial charge on any atom is 0.357 e. The molecular weight excluding hydrogens is 234 g/mol. The molecule has 0 unspecified atom stereocenters. The van der Waals surface area contributed by atoms with E-state index < -0.39 is 27.2 Å². The second-order valence-corrected chi connectivity index (χ2v) is 3.06. The third-order valence-corrected chi connectivity index (χ3v) is 2.09. The molecule has 0 aliphatic heterocycles. The Morgan fingerprint density at radius 1 is 1.24 bits per heavy atom. The average molecular weight is 241 g/mol. The molecule has 17 heavy (non-hydrogen) atoms. The molecule has 0 saturated heterocycles. The van der Waals surface area contributed by atoms with E-state index in [4.69, 9.17) is 0 Å². The van der Waals surface area contributed by atoms with Gasteiger partial charge in [-0.15, -0.1) is 0 Å². The Balaban J connectivity index is 3.52. The number of nitro benzene ring substituents is 2. The van der Waals surface area contributed by atoms with Crippen LogP contribution in [0.5, 0.6) is 0 Å². The topological polar surface area (TPSA) is 139 Å². The molecule has 0 spiro atoms. The first-order valence-corrected chi connectivity index (χ1v) is 4.23. The van der Waals surface area contributed by atoms with E-state index in [1.807, 2.05) is 0 Å². The highest BCUT2D eigenvalue weighted by atomic mass is 16.7. The number of nitrogens with zero attached hydrogens (tertiary/aromatic N) is 2. The first-order chi connectivity index (χ1) is 7.88. The summed E-state index contributed by atoms with van der Waals surface area (Å²) in [6.45, 7) is 1.22. The van der Waals surface area contributed by atoms with Crippen molar-refractivity contribution in [1.29, 1.82) is 0 Å². The van der Waals surface area contributed by atoms with Crippen LogP contribution in [0.3, 0.4) is 0 Å². The van der Waals surface area contributed by atoms with E-state index in [-0.39, 0.29) is 11.1 Å². The van der Waals surface area contributed by atoms with Crippen LogP contribution in [0.15, 0.2) is 12.1 Å². The SMILES string of the molecule is Cc1c([N+](=O)[O-])cc(C(=O)ON)cc1[N+](=O)[O-]. The van der Waals surface area contributed by atoms with Crippen molar-refractivity contribution in [1.82, 2.24) is 0 Å². The van der Waals surface area contributed by atoms with Gasteiger partial charge in [0.2, 0.25) is 0 Å². The fourth-order valence-electron chi connectivity index (χ4n) is 1.25. The van der Waals surface area contributed by atoms with E-state index >= 15 is 0 Å². The van der Waals surface area contributed by atoms with Crippen LogP contribution in [0, 0.1) is 27.2 Å². The lowest BCUT2D eigenvalue weighted by Crippen LogP contribution is -2.11. The van der Waals surface area contributed by atoms with E-state index in [1.165, 1.54) is 6.92 Å². The molecule has 2 N–H and O–H groups in total. The number of nitrogens with two attached hydrogens (primary N) is 1. The largest absolute Gasteiger partial charge is 0.370 e. The Morgan fingerprint density at radius 2 is 1.65 bits per heavy atom. The predicted octanol–water partition coefficient (Wildman–Crippen LogP) is 0.842. The van der Waals surface area contributed by atoms with Crippen molar-refractivity contribution in [2.75, 3.05) is 0 Å². The molecule has 0 atom stereocenters. The van der Waals surface area contributed by atoms with E-state index in [1.54, 1.807) is 0 Å². The molecule has 0 amide bonds. The predicted molar refractivity (Wildman–Crippen MR) is 54.1 cm³/mol. The minimum Gasteiger partial charge on any atom is -0.370 e. The molecule has 0 fully saturated rings. The minimum atomic E-state index is -1.09. The van der Waals surface area contributed by atoms with Gasteiger partial charge in [0.05, 0.1) is 15.4 Å². The summed E-state index contributed by atoms with van der Waals surface area (Å²) in [5, 5.41) is 21.3. The van der Waals surface area contributed by atoms with Gasteiger partial charge in [0, 0.05) is 12.1 Å². The quantitative estimate of drug-likeness (QED) is 0.610. The Bertz CT molecular complexity index is 477. The summed E-state index contributed by atoms with van der Waals surface area (Å²) < 4.78 is 0. The van der Waals surface area contributed by atoms with E-state index in [9.17, 15) is 25.0 Å². The van der Waals surface area contributed by atoms with Gasteiger partial charge >= 0.3 is 5.97 Å². The van der Waals surface area contributed by atoms with Gasteiger partial charge in [-0.05, 0) is 6.92 Å². The zero-order valence-corrected chi connectivity index (χ0v) is 8.58. The fourth-order valence-corrected chi connectivity index (χ4v) is 1.25. The van der Waals surface area contributed by atoms with Crippen LogP contribution in [0.4, 0.5) is 11.4 Å². The lowest BCUT2D eigenvalue weighted by molar-refractivity contribution is -0.395. The average Bonchev–Trinajstić information content (AvgIpc) is 2.27. The molecule has 9 nitrogen and oxygen atoms in total. The number of hydrogen-bond acceptors (Lipinski definition) is 7. The number of hydrogen-bond donors (Lipinski definition) is 1. The number of benzene rings is 1. The monoisotopic (exact) mass is 241 g/mol. The van der Waals surface area contributed by atoms with Gasteiger partial charge in [-0.2, -0.15) is 5.90 Å². The van der Waals surface area contributed by atoms with Crippen LogP contribution in [0.25, 0.3) is 0 Å². The third kappa shape index (κ3) is 2.34. The van der Waals surface area contributed by atoms with Crippen molar-refractivity contribution < 1.29 is 19.5 Å². The summed E-state index contributed by atoms with van der Waals surface area (Å²) in [7, 11) is 0. The lowest BCUT2D eigenvalue weighted by Gasteiger charge is -2.02. The van der Waals surface area contributed by atoms with Gasteiger partial charge in [-0.1, -0.05) is 0 Å². The summed E-state index contributed by atoms with van der Waals surface area (Å²) in [4.78, 5) is 34.6. The molecular formula is C8H7N3O6. The molecule has 0 aromatic heterocycles. The normalized spacial score (nSPS) is 9.76. The van der Waals surface area contributed by atoms with Crippen LogP contribution in [0.2, 0.25) is 0 Å². The molecule has 0 aliphatic carbocycles. The Hall–Kier alpha value is -2.55. The van der Waals surface area contributed by atoms with Crippen molar-refractivity contribution in [3.63, 3.8) is 0 Å². The molecule has 0 heterocycles. The smallest absolute Gasteiger partial charge is 0.357 e. The van der Waals surface area contributed by atoms with Gasteiger partial charge in [0.1, 0.15) is 5.56 Å². The lowest BCUT2D eigenvalue weighted by atomic mass is 10.1. The van der Waals surface area contributed by atoms with E-state index in [0.717, 1.165) is 12.1 Å². The standard InChI is InChI=1S/C8H7N3O6/c1-4-6(10(13)14)2-5(8(12)17-9)3-7(4)11(15)16/h2-3H,9H2,1H3. The highest BCUT2D eigenvalue weighted by Gasteiger charge is 2.25. The third-order valence-electron chi connectivity index (χ3n) is 2.09. The number of nitro groups is 2. The van der Waals surface area contributed by atoms with Crippen LogP contribution >= 0.6 is 0 Å². The van der Waals surface area contributed by atoms with Crippen LogP contribution < -0.4 is 5.90 Å². The second kappa shape index (κ2) is 4.53. The van der Waals surface area contributed by atoms with Crippen LogP contribution in [-0.2, 0) is 4.84 Å². The molecule has 1 aromatic rings. The second-order valence-electron chi connectivity index (χ2n) is 3.06. The van der Waals surface area contributed by atoms with Crippen LogP contribution in [-0.4, -0.2) is 15.8 Å². The van der Waals surface area contributed by atoms with Gasteiger partial charge in [0.15, 0.2) is 0 Å². The van der Waals surface area contributed by atoms with Crippen molar-refractivity contribution in [3.05, 3.63) is 43.5 Å². The Morgan fingerprint density at radius 3 is 1.94 bits per heavy atom. The summed E-state index contributed by atoms with van der Waals surface area (Å²) in [5.41, 5.74) is -1.58. The number of rotatable bonds is 3. The highest BCUT2D eigenvalue weighted by Crippen LogP contribution is 2.29. The summed E-state index contributed by atoms with van der Waals surface area (Å²) in [5.74, 6) is 3.52. The van der Waals surface area contributed by atoms with Gasteiger partial charge in [0.25, 0.3) is 11.4 Å². The molecule has 9 heteroatoms. The van der Waals surface area contributed by atoms with Gasteiger partial charge < -0.3 is 4.84 Å². The van der Waals surface area contributed by atoms with E-state index in [0.29, 0.717) is 0 Å². The molecule has 1 aromatic carbocycles. The van der Waals surface area contributed by atoms with Crippen molar-refractivity contribution in [2.24, 2.45) is 5.90 Å².